The zero-order valence-corrected chi connectivity index (χ0v) is 22.0. The number of hydrogen-bond donors (Lipinski definition) is 0. The first-order chi connectivity index (χ1) is 18.4. The average molecular weight is 529 g/mol. The van der Waals surface area contributed by atoms with Gasteiger partial charge in [-0.3, -0.25) is 14.9 Å². The minimum Gasteiger partial charge on any atom is -0.466 e. The average Bonchev–Trinajstić information content (AvgIpc) is 3.16. The number of imide groups is 1. The molecule has 0 radical (unpaired) electrons. The van der Waals surface area contributed by atoms with Crippen LogP contribution in [0.25, 0.3) is 0 Å². The molecule has 4 rings (SSSR count). The lowest BCUT2D eigenvalue weighted by Crippen LogP contribution is -2.49. The molecule has 1 aliphatic rings. The van der Waals surface area contributed by atoms with Gasteiger partial charge in [0.15, 0.2) is 0 Å². The summed E-state index contributed by atoms with van der Waals surface area (Å²) in [5.41, 5.74) is -2.17. The van der Waals surface area contributed by atoms with Crippen molar-refractivity contribution in [3.8, 4) is 0 Å². The molecule has 1 aliphatic heterocycles. The van der Waals surface area contributed by atoms with Crippen LogP contribution in [0.3, 0.4) is 0 Å². The molecule has 9 heteroatoms. The van der Waals surface area contributed by atoms with E-state index < -0.39 is 39.8 Å². The van der Waals surface area contributed by atoms with E-state index in [2.05, 4.69) is 6.58 Å². The number of esters is 1. The summed E-state index contributed by atoms with van der Waals surface area (Å²) < 4.78 is 10.6. The summed E-state index contributed by atoms with van der Waals surface area (Å²) in [6.45, 7) is 9.00. The number of nitro benzene ring substituents is 1. The number of nitrogens with zero attached hydrogens (tertiary/aromatic N) is 2. The summed E-state index contributed by atoms with van der Waals surface area (Å²) in [6.07, 6.45) is -0.914. The second kappa shape index (κ2) is 10.2. The molecule has 3 aromatic rings. The zero-order chi connectivity index (χ0) is 28.5. The SMILES string of the molecule is C=C(C(=O)OC)[C@@H](c1ccccc1[N+](=O)[O-])[C@@]1(c2ccccc2)C(=O)N(C(=O)OC(C)(C)C)c2ccccc21. The normalized spacial score (nSPS) is 17.2. The fourth-order valence-corrected chi connectivity index (χ4v) is 5.15. The Morgan fingerprint density at radius 2 is 1.56 bits per heavy atom. The summed E-state index contributed by atoms with van der Waals surface area (Å²) in [7, 11) is 1.16. The van der Waals surface area contributed by atoms with E-state index in [-0.39, 0.29) is 22.5 Å². The monoisotopic (exact) mass is 528 g/mol. The first-order valence-electron chi connectivity index (χ1n) is 12.2. The first kappa shape index (κ1) is 27.3. The lowest BCUT2D eigenvalue weighted by atomic mass is 9.61. The van der Waals surface area contributed by atoms with Gasteiger partial charge in [-0.15, -0.1) is 0 Å². The molecule has 0 saturated carbocycles. The molecule has 1 heterocycles. The Bertz CT molecular complexity index is 1480. The largest absolute Gasteiger partial charge is 0.466 e. The maximum absolute atomic E-state index is 14.8. The number of amides is 2. The van der Waals surface area contributed by atoms with Crippen molar-refractivity contribution in [1.82, 2.24) is 0 Å². The highest BCUT2D eigenvalue weighted by Crippen LogP contribution is 2.57. The number of fused-ring (bicyclic) bond motifs is 1. The minimum atomic E-state index is -1.81. The fraction of sp³-hybridized carbons (Fsp3) is 0.233. The van der Waals surface area contributed by atoms with Gasteiger partial charge in [-0.1, -0.05) is 73.3 Å². The lowest BCUT2D eigenvalue weighted by molar-refractivity contribution is -0.385. The van der Waals surface area contributed by atoms with Crippen molar-refractivity contribution in [2.75, 3.05) is 12.0 Å². The Kier molecular flexibility index (Phi) is 7.10. The highest BCUT2D eigenvalue weighted by atomic mass is 16.6. The van der Waals surface area contributed by atoms with Gasteiger partial charge in [0.05, 0.1) is 17.7 Å². The van der Waals surface area contributed by atoms with Gasteiger partial charge in [-0.05, 0) is 38.0 Å². The van der Waals surface area contributed by atoms with E-state index >= 15 is 0 Å². The lowest BCUT2D eigenvalue weighted by Gasteiger charge is -2.37. The molecule has 2 atom stereocenters. The third-order valence-corrected chi connectivity index (χ3v) is 6.59. The predicted molar refractivity (Wildman–Crippen MR) is 144 cm³/mol. The number of nitro groups is 1. The van der Waals surface area contributed by atoms with Crippen LogP contribution in [-0.4, -0.2) is 35.6 Å². The van der Waals surface area contributed by atoms with Crippen molar-refractivity contribution in [1.29, 1.82) is 0 Å². The number of carbonyl (C=O) groups is 3. The summed E-state index contributed by atoms with van der Waals surface area (Å²) in [6, 6.07) is 21.0. The van der Waals surface area contributed by atoms with E-state index in [9.17, 15) is 24.5 Å². The van der Waals surface area contributed by atoms with Crippen LogP contribution in [0.15, 0.2) is 91.0 Å². The highest BCUT2D eigenvalue weighted by Gasteiger charge is 2.61. The van der Waals surface area contributed by atoms with Crippen molar-refractivity contribution in [3.05, 3.63) is 118 Å². The van der Waals surface area contributed by atoms with E-state index in [4.69, 9.17) is 9.47 Å². The molecule has 2 amide bonds. The van der Waals surface area contributed by atoms with Crippen molar-refractivity contribution in [2.45, 2.75) is 37.7 Å². The summed E-state index contributed by atoms with van der Waals surface area (Å²) in [4.78, 5) is 53.9. The summed E-state index contributed by atoms with van der Waals surface area (Å²) in [5, 5.41) is 12.2. The molecule has 200 valence electrons. The van der Waals surface area contributed by atoms with E-state index in [1.165, 1.54) is 18.2 Å². The third kappa shape index (κ3) is 4.56. The van der Waals surface area contributed by atoms with E-state index in [1.54, 1.807) is 81.4 Å². The molecule has 0 spiro atoms. The minimum absolute atomic E-state index is 0.0657. The highest BCUT2D eigenvalue weighted by molar-refractivity contribution is 6.23. The van der Waals surface area contributed by atoms with Gasteiger partial charge < -0.3 is 9.47 Å². The molecule has 3 aromatic carbocycles. The molecule has 9 nitrogen and oxygen atoms in total. The molecular formula is C30H28N2O7. The van der Waals surface area contributed by atoms with Gasteiger partial charge in [-0.25, -0.2) is 14.5 Å². The van der Waals surface area contributed by atoms with Crippen LogP contribution in [0.5, 0.6) is 0 Å². The number of benzene rings is 3. The molecule has 0 aliphatic carbocycles. The van der Waals surface area contributed by atoms with E-state index in [1.807, 2.05) is 0 Å². The number of hydrogen-bond acceptors (Lipinski definition) is 7. The number of carbonyl (C=O) groups excluding carboxylic acids is 3. The van der Waals surface area contributed by atoms with Gasteiger partial charge >= 0.3 is 12.1 Å². The van der Waals surface area contributed by atoms with Gasteiger partial charge in [0, 0.05) is 23.1 Å². The molecule has 0 fully saturated rings. The van der Waals surface area contributed by atoms with Crippen LogP contribution in [0.1, 0.15) is 43.4 Å². The smallest absolute Gasteiger partial charge is 0.421 e. The first-order valence-corrected chi connectivity index (χ1v) is 12.2. The molecule has 0 N–H and O–H groups in total. The van der Waals surface area contributed by atoms with Crippen LogP contribution < -0.4 is 4.90 Å². The molecular weight excluding hydrogens is 500 g/mol. The van der Waals surface area contributed by atoms with Gasteiger partial charge in [0.2, 0.25) is 0 Å². The fourth-order valence-electron chi connectivity index (χ4n) is 5.15. The molecule has 0 unspecified atom stereocenters. The third-order valence-electron chi connectivity index (χ3n) is 6.59. The van der Waals surface area contributed by atoms with Crippen molar-refractivity contribution >= 4 is 29.3 Å². The maximum Gasteiger partial charge on any atom is 0.421 e. The second-order valence-corrected chi connectivity index (χ2v) is 10.1. The van der Waals surface area contributed by atoms with E-state index in [0.717, 1.165) is 12.0 Å². The molecule has 0 saturated heterocycles. The van der Waals surface area contributed by atoms with Crippen LogP contribution in [0, 0.1) is 10.1 Å². The Morgan fingerprint density at radius 1 is 0.974 bits per heavy atom. The second-order valence-electron chi connectivity index (χ2n) is 10.1. The zero-order valence-electron chi connectivity index (χ0n) is 22.0. The molecule has 0 bridgehead atoms. The van der Waals surface area contributed by atoms with Crippen LogP contribution >= 0.6 is 0 Å². The summed E-state index contributed by atoms with van der Waals surface area (Å²) >= 11 is 0. The van der Waals surface area contributed by atoms with Crippen molar-refractivity contribution < 1.29 is 28.8 Å². The van der Waals surface area contributed by atoms with Crippen molar-refractivity contribution in [3.63, 3.8) is 0 Å². The summed E-state index contributed by atoms with van der Waals surface area (Å²) in [5.74, 6) is -2.91. The van der Waals surface area contributed by atoms with Gasteiger partial charge in [-0.2, -0.15) is 0 Å². The molecule has 39 heavy (non-hydrogen) atoms. The number of methoxy groups -OCH3 is 1. The number of para-hydroxylation sites is 2. The Balaban J connectivity index is 2.15. The quantitative estimate of drug-likeness (QED) is 0.175. The Labute approximate surface area is 225 Å². The number of ether oxygens (including phenoxy) is 2. The van der Waals surface area contributed by atoms with Crippen LogP contribution in [0.2, 0.25) is 0 Å². The molecule has 0 aromatic heterocycles. The van der Waals surface area contributed by atoms with E-state index in [0.29, 0.717) is 11.1 Å². The van der Waals surface area contributed by atoms with Crippen LogP contribution in [-0.2, 0) is 24.5 Å². The Hall–Kier alpha value is -4.79. The van der Waals surface area contributed by atoms with Gasteiger partial charge in [0.1, 0.15) is 11.0 Å². The Morgan fingerprint density at radius 3 is 2.18 bits per heavy atom. The van der Waals surface area contributed by atoms with Crippen LogP contribution in [0.4, 0.5) is 16.2 Å². The van der Waals surface area contributed by atoms with Gasteiger partial charge in [0.25, 0.3) is 11.6 Å². The predicted octanol–water partition coefficient (Wildman–Crippen LogP) is 5.68. The number of rotatable bonds is 6. The number of anilines is 1. The standard InChI is InChI=1S/C30H28N2O7/c1-19(26(33)38-5)25(21-15-9-11-17-23(21)32(36)37)30(20-13-7-6-8-14-20)22-16-10-12-18-24(22)31(27(30)34)28(35)39-29(2,3)4/h6-18,25H,1H2,2-5H3/t25-,30-/m0/s1. The van der Waals surface area contributed by atoms with Crippen molar-refractivity contribution in [2.24, 2.45) is 0 Å². The maximum atomic E-state index is 14.8. The topological polar surface area (TPSA) is 116 Å².